The van der Waals surface area contributed by atoms with E-state index in [9.17, 15) is 4.79 Å². The van der Waals surface area contributed by atoms with Gasteiger partial charge in [0.1, 0.15) is 5.82 Å². The molecule has 0 bridgehead atoms. The number of piperidine rings is 1. The Kier molecular flexibility index (Phi) is 5.72. The Morgan fingerprint density at radius 1 is 1.29 bits per heavy atom. The van der Waals surface area contributed by atoms with E-state index in [0.29, 0.717) is 17.4 Å². The zero-order chi connectivity index (χ0) is 21.2. The number of nitrogens with one attached hydrogen (secondary N) is 2. The van der Waals surface area contributed by atoms with E-state index in [1.165, 1.54) is 4.88 Å². The number of hydrogen-bond donors (Lipinski definition) is 2. The molecule has 6 nitrogen and oxygen atoms in total. The molecule has 4 heterocycles. The van der Waals surface area contributed by atoms with Gasteiger partial charge in [-0.1, -0.05) is 23.7 Å². The second kappa shape index (κ2) is 8.78. The van der Waals surface area contributed by atoms with Gasteiger partial charge in [-0.2, -0.15) is 0 Å². The summed E-state index contributed by atoms with van der Waals surface area (Å²) in [6, 6.07) is 12.1. The standard InChI is InChI=1S/C23H22ClN5OS/c24-19-12-26-22(28-23(30)16-3-1-7-25-11-16)10-18(19)15-5-6-20-21(9-15)29(14-27-20)13-17-4-2-8-31-17/h2,4-6,8-10,12,14,16,25H,1,3,7,11,13H2,(H,26,28,30)/t16-/m1/s1. The van der Waals surface area contributed by atoms with Crippen molar-refractivity contribution in [3.05, 3.63) is 64.2 Å². The van der Waals surface area contributed by atoms with Crippen LogP contribution in [0.15, 0.2) is 54.3 Å². The van der Waals surface area contributed by atoms with Gasteiger partial charge in [-0.25, -0.2) is 9.97 Å². The summed E-state index contributed by atoms with van der Waals surface area (Å²) in [5.74, 6) is 0.484. The number of fused-ring (bicyclic) bond motifs is 1. The third-order valence-electron chi connectivity index (χ3n) is 5.61. The van der Waals surface area contributed by atoms with Crippen molar-refractivity contribution in [2.24, 2.45) is 5.92 Å². The molecule has 1 aliphatic rings. The summed E-state index contributed by atoms with van der Waals surface area (Å²) in [7, 11) is 0. The first-order valence-corrected chi connectivity index (χ1v) is 11.6. The van der Waals surface area contributed by atoms with Crippen LogP contribution in [0.5, 0.6) is 0 Å². The minimum absolute atomic E-state index is 0.00236. The van der Waals surface area contributed by atoms with Crippen molar-refractivity contribution >= 4 is 45.7 Å². The maximum absolute atomic E-state index is 12.6. The smallest absolute Gasteiger partial charge is 0.229 e. The van der Waals surface area contributed by atoms with E-state index in [4.69, 9.17) is 11.6 Å². The van der Waals surface area contributed by atoms with Crippen LogP contribution in [0.3, 0.4) is 0 Å². The number of rotatable bonds is 5. The summed E-state index contributed by atoms with van der Waals surface area (Å²) in [5, 5.41) is 8.85. The molecule has 4 aromatic rings. The average Bonchev–Trinajstić information content (AvgIpc) is 3.46. The number of aromatic nitrogens is 3. The summed E-state index contributed by atoms with van der Waals surface area (Å²) in [4.78, 5) is 22.7. The van der Waals surface area contributed by atoms with Crippen LogP contribution in [0.2, 0.25) is 5.02 Å². The number of imidazole rings is 1. The molecule has 2 N–H and O–H groups in total. The lowest BCUT2D eigenvalue weighted by atomic mass is 9.99. The molecule has 1 amide bonds. The minimum Gasteiger partial charge on any atom is -0.325 e. The SMILES string of the molecule is O=C(Nc1cc(-c2ccc3ncn(Cc4cccs4)c3c2)c(Cl)cn1)[C@@H]1CCCNC1. The van der Waals surface area contributed by atoms with Gasteiger partial charge in [-0.3, -0.25) is 4.79 Å². The van der Waals surface area contributed by atoms with E-state index in [2.05, 4.69) is 48.7 Å². The molecule has 0 spiro atoms. The van der Waals surface area contributed by atoms with Crippen LogP contribution < -0.4 is 10.6 Å². The van der Waals surface area contributed by atoms with E-state index in [0.717, 1.165) is 48.1 Å². The van der Waals surface area contributed by atoms with Gasteiger partial charge in [0.2, 0.25) is 5.91 Å². The molecule has 1 saturated heterocycles. The Balaban J connectivity index is 1.43. The molecule has 1 fully saturated rings. The lowest BCUT2D eigenvalue weighted by molar-refractivity contribution is -0.120. The topological polar surface area (TPSA) is 71.8 Å². The van der Waals surface area contributed by atoms with Crippen molar-refractivity contribution in [3.63, 3.8) is 0 Å². The van der Waals surface area contributed by atoms with Gasteiger partial charge in [-0.05, 0) is 54.6 Å². The highest BCUT2D eigenvalue weighted by atomic mass is 35.5. The fraction of sp³-hybridized carbons (Fsp3) is 0.261. The van der Waals surface area contributed by atoms with Crippen LogP contribution in [0.25, 0.3) is 22.2 Å². The normalized spacial score (nSPS) is 16.5. The van der Waals surface area contributed by atoms with Crippen LogP contribution in [0, 0.1) is 5.92 Å². The van der Waals surface area contributed by atoms with Gasteiger partial charge in [0.15, 0.2) is 0 Å². The molecule has 1 aliphatic heterocycles. The molecule has 3 aromatic heterocycles. The highest BCUT2D eigenvalue weighted by Gasteiger charge is 2.21. The van der Waals surface area contributed by atoms with E-state index in [1.807, 2.05) is 24.5 Å². The van der Waals surface area contributed by atoms with Crippen LogP contribution in [-0.2, 0) is 11.3 Å². The first kappa shape index (κ1) is 20.2. The minimum atomic E-state index is -0.0300. The predicted molar refractivity (Wildman–Crippen MR) is 126 cm³/mol. The van der Waals surface area contributed by atoms with E-state index >= 15 is 0 Å². The number of nitrogens with zero attached hydrogens (tertiary/aromatic N) is 3. The molecule has 8 heteroatoms. The molecule has 0 radical (unpaired) electrons. The predicted octanol–water partition coefficient (Wildman–Crippen LogP) is 4.80. The number of carbonyl (C=O) groups is 1. The van der Waals surface area contributed by atoms with Crippen molar-refractivity contribution in [2.75, 3.05) is 18.4 Å². The molecule has 158 valence electrons. The number of anilines is 1. The van der Waals surface area contributed by atoms with E-state index in [1.54, 1.807) is 17.5 Å². The van der Waals surface area contributed by atoms with Gasteiger partial charge in [0.25, 0.3) is 0 Å². The highest BCUT2D eigenvalue weighted by molar-refractivity contribution is 7.09. The summed E-state index contributed by atoms with van der Waals surface area (Å²) in [6.07, 6.45) is 5.37. The fourth-order valence-corrected chi connectivity index (χ4v) is 4.87. The highest BCUT2D eigenvalue weighted by Crippen LogP contribution is 2.32. The van der Waals surface area contributed by atoms with E-state index < -0.39 is 0 Å². The monoisotopic (exact) mass is 451 g/mol. The van der Waals surface area contributed by atoms with Gasteiger partial charge < -0.3 is 15.2 Å². The van der Waals surface area contributed by atoms with Gasteiger partial charge in [0.05, 0.1) is 34.8 Å². The van der Waals surface area contributed by atoms with Crippen molar-refractivity contribution in [1.29, 1.82) is 0 Å². The molecule has 31 heavy (non-hydrogen) atoms. The first-order chi connectivity index (χ1) is 15.2. The lowest BCUT2D eigenvalue weighted by Crippen LogP contribution is -2.37. The van der Waals surface area contributed by atoms with Crippen molar-refractivity contribution in [3.8, 4) is 11.1 Å². The third-order valence-corrected chi connectivity index (χ3v) is 6.77. The zero-order valence-electron chi connectivity index (χ0n) is 16.8. The molecular formula is C23H22ClN5OS. The average molecular weight is 452 g/mol. The number of amides is 1. The number of benzene rings is 1. The van der Waals surface area contributed by atoms with Gasteiger partial charge >= 0.3 is 0 Å². The fourth-order valence-electron chi connectivity index (χ4n) is 3.95. The van der Waals surface area contributed by atoms with Gasteiger partial charge in [-0.15, -0.1) is 11.3 Å². The molecule has 0 aliphatic carbocycles. The molecular weight excluding hydrogens is 430 g/mol. The maximum atomic E-state index is 12.6. The first-order valence-electron chi connectivity index (χ1n) is 10.3. The largest absolute Gasteiger partial charge is 0.325 e. The number of thiophene rings is 1. The number of hydrogen-bond acceptors (Lipinski definition) is 5. The Hall–Kier alpha value is -2.74. The molecule has 1 atom stereocenters. The Bertz CT molecular complexity index is 1210. The second-order valence-corrected chi connectivity index (χ2v) is 9.18. The zero-order valence-corrected chi connectivity index (χ0v) is 18.4. The van der Waals surface area contributed by atoms with Crippen molar-refractivity contribution in [2.45, 2.75) is 19.4 Å². The van der Waals surface area contributed by atoms with E-state index in [-0.39, 0.29) is 11.8 Å². The third kappa shape index (κ3) is 4.35. The Morgan fingerprint density at radius 3 is 3.03 bits per heavy atom. The lowest BCUT2D eigenvalue weighted by Gasteiger charge is -2.21. The van der Waals surface area contributed by atoms with Crippen LogP contribution in [0.4, 0.5) is 5.82 Å². The number of carbonyl (C=O) groups excluding carboxylic acids is 1. The van der Waals surface area contributed by atoms with Crippen molar-refractivity contribution in [1.82, 2.24) is 19.9 Å². The maximum Gasteiger partial charge on any atom is 0.229 e. The van der Waals surface area contributed by atoms with Crippen LogP contribution >= 0.6 is 22.9 Å². The number of pyridine rings is 1. The quantitative estimate of drug-likeness (QED) is 0.457. The summed E-state index contributed by atoms with van der Waals surface area (Å²) >= 11 is 8.22. The molecule has 0 unspecified atom stereocenters. The second-order valence-electron chi connectivity index (χ2n) is 7.74. The summed E-state index contributed by atoms with van der Waals surface area (Å²) < 4.78 is 2.14. The number of halogens is 1. The Labute approximate surface area is 189 Å². The summed E-state index contributed by atoms with van der Waals surface area (Å²) in [5.41, 5.74) is 3.77. The molecule has 0 saturated carbocycles. The van der Waals surface area contributed by atoms with Gasteiger partial charge in [0, 0.05) is 23.2 Å². The van der Waals surface area contributed by atoms with Crippen LogP contribution in [-0.4, -0.2) is 33.5 Å². The van der Waals surface area contributed by atoms with Crippen molar-refractivity contribution < 1.29 is 4.79 Å². The van der Waals surface area contributed by atoms with Crippen LogP contribution in [0.1, 0.15) is 17.7 Å². The molecule has 1 aromatic carbocycles. The Morgan fingerprint density at radius 2 is 2.23 bits per heavy atom. The molecule has 5 rings (SSSR count). The summed E-state index contributed by atoms with van der Waals surface area (Å²) in [6.45, 7) is 2.45.